The largest absolute Gasteiger partial charge is 0.472 e. The molecule has 0 radical (unpaired) electrons. The second-order valence-electron chi connectivity index (χ2n) is 26.6. The fourth-order valence-corrected chi connectivity index (χ4v) is 12.7. The molecule has 0 saturated heterocycles. The number of hydrogen-bond acceptors (Lipinski definition) is 15. The van der Waals surface area contributed by atoms with E-state index < -0.39 is 97.5 Å². The zero-order valence-electron chi connectivity index (χ0n) is 59.7. The van der Waals surface area contributed by atoms with Gasteiger partial charge in [0.1, 0.15) is 19.3 Å². The van der Waals surface area contributed by atoms with Crippen molar-refractivity contribution >= 4 is 39.5 Å². The summed E-state index contributed by atoms with van der Waals surface area (Å²) < 4.78 is 68.3. The Morgan fingerprint density at radius 3 is 0.772 bits per heavy atom. The Morgan fingerprint density at radius 1 is 0.304 bits per heavy atom. The molecule has 546 valence electrons. The zero-order valence-corrected chi connectivity index (χ0v) is 61.5. The Balaban J connectivity index is 5.19. The van der Waals surface area contributed by atoms with Crippen LogP contribution in [0.1, 0.15) is 381 Å². The van der Waals surface area contributed by atoms with Gasteiger partial charge in [0.15, 0.2) is 12.2 Å². The maximum Gasteiger partial charge on any atom is 0.472 e. The Hall–Kier alpha value is -1.94. The Morgan fingerprint density at radius 2 is 0.522 bits per heavy atom. The van der Waals surface area contributed by atoms with Crippen LogP contribution in [0.5, 0.6) is 0 Å². The molecular weight excluding hydrogens is 1210 g/mol. The van der Waals surface area contributed by atoms with Gasteiger partial charge in [-0.15, -0.1) is 0 Å². The summed E-state index contributed by atoms with van der Waals surface area (Å²) >= 11 is 0. The van der Waals surface area contributed by atoms with E-state index >= 15 is 0 Å². The molecule has 6 atom stereocenters. The minimum Gasteiger partial charge on any atom is -0.462 e. The van der Waals surface area contributed by atoms with Gasteiger partial charge in [0.2, 0.25) is 0 Å². The molecule has 0 aromatic rings. The van der Waals surface area contributed by atoms with E-state index in [1.807, 2.05) is 0 Å². The van der Waals surface area contributed by atoms with Crippen molar-refractivity contribution < 1.29 is 80.2 Å². The molecule has 0 spiro atoms. The zero-order chi connectivity index (χ0) is 67.7. The molecule has 0 rings (SSSR count). The third-order valence-corrected chi connectivity index (χ3v) is 19.3. The molecule has 0 aliphatic heterocycles. The Labute approximate surface area is 562 Å². The lowest BCUT2D eigenvalue weighted by Gasteiger charge is -2.21. The predicted octanol–water partition coefficient (Wildman–Crippen LogP) is 21.3. The first-order chi connectivity index (χ1) is 44.6. The smallest absolute Gasteiger partial charge is 0.462 e. The van der Waals surface area contributed by atoms with Crippen molar-refractivity contribution in [2.24, 2.45) is 5.92 Å². The summed E-state index contributed by atoms with van der Waals surface area (Å²) in [5.41, 5.74) is 0. The number of phosphoric acid groups is 2. The van der Waals surface area contributed by atoms with Gasteiger partial charge in [0, 0.05) is 25.7 Å². The predicted molar refractivity (Wildman–Crippen MR) is 372 cm³/mol. The van der Waals surface area contributed by atoms with Gasteiger partial charge < -0.3 is 33.8 Å². The summed E-state index contributed by atoms with van der Waals surface area (Å²) in [7, 11) is -9.90. The first-order valence-corrected chi connectivity index (χ1v) is 41.2. The SMILES string of the molecule is CCCCCCCCCCCCCCCCCCCCCCC(=O)O[C@H](COC(=O)CCCCCCCCCCC(C)CC)COP(=O)(O)OC[C@@H](O)COP(=O)(O)OC[C@@H](COC(=O)CCCCCCCCCCC)OC(=O)CCCCCCCCCCCCC. The second-order valence-corrected chi connectivity index (χ2v) is 29.5. The van der Waals surface area contributed by atoms with E-state index in [-0.39, 0.29) is 25.7 Å². The fraction of sp³-hybridized carbons (Fsp3) is 0.945. The lowest BCUT2D eigenvalue weighted by atomic mass is 9.99. The van der Waals surface area contributed by atoms with Crippen molar-refractivity contribution in [1.82, 2.24) is 0 Å². The highest BCUT2D eigenvalue weighted by molar-refractivity contribution is 7.47. The van der Waals surface area contributed by atoms with Crippen molar-refractivity contribution in [2.45, 2.75) is 400 Å². The summed E-state index contributed by atoms with van der Waals surface area (Å²) in [5.74, 6) is -1.34. The molecule has 0 aromatic carbocycles. The van der Waals surface area contributed by atoms with Crippen molar-refractivity contribution in [1.29, 1.82) is 0 Å². The van der Waals surface area contributed by atoms with Crippen molar-refractivity contribution in [3.8, 4) is 0 Å². The number of hydrogen-bond donors (Lipinski definition) is 3. The highest BCUT2D eigenvalue weighted by atomic mass is 31.2. The van der Waals surface area contributed by atoms with E-state index in [1.165, 1.54) is 205 Å². The molecule has 19 heteroatoms. The number of ether oxygens (including phenoxy) is 4. The quantitative estimate of drug-likeness (QED) is 0.0222. The summed E-state index contributed by atoms with van der Waals surface area (Å²) in [5, 5.41) is 10.6. The first-order valence-electron chi connectivity index (χ1n) is 38.2. The molecule has 0 aliphatic carbocycles. The standard InChI is InChI=1S/C73H142O17P2/c1-6-10-13-16-19-22-24-25-26-27-28-29-30-31-32-34-37-44-49-54-59-73(78)90-69(63-84-71(76)57-52-47-42-39-38-40-45-50-55-66(5)9-4)65-88-92(81,82)86-61-67(74)60-85-91(79,80)87-64-68(62-83-70(75)56-51-46-41-35-21-18-15-12-8-3)89-72(77)58-53-48-43-36-33-23-20-17-14-11-7-2/h66-69,74H,6-65H2,1-5H3,(H,79,80)(H,81,82)/t66?,67-,68+,69+/m0/s1. The van der Waals surface area contributed by atoms with Gasteiger partial charge in [-0.1, -0.05) is 330 Å². The van der Waals surface area contributed by atoms with Crippen LogP contribution in [0, 0.1) is 5.92 Å². The van der Waals surface area contributed by atoms with E-state index in [0.717, 1.165) is 95.8 Å². The van der Waals surface area contributed by atoms with Crippen molar-refractivity contribution in [3.63, 3.8) is 0 Å². The molecule has 92 heavy (non-hydrogen) atoms. The van der Waals surface area contributed by atoms with E-state index in [0.29, 0.717) is 25.7 Å². The fourth-order valence-electron chi connectivity index (χ4n) is 11.1. The molecule has 3 unspecified atom stereocenters. The van der Waals surface area contributed by atoms with Crippen LogP contribution >= 0.6 is 15.6 Å². The van der Waals surface area contributed by atoms with Gasteiger partial charge in [-0.2, -0.15) is 0 Å². The van der Waals surface area contributed by atoms with Gasteiger partial charge >= 0.3 is 39.5 Å². The van der Waals surface area contributed by atoms with Gasteiger partial charge in [-0.05, 0) is 31.6 Å². The van der Waals surface area contributed by atoms with E-state index in [2.05, 4.69) is 34.6 Å². The van der Waals surface area contributed by atoms with E-state index in [9.17, 15) is 43.2 Å². The Kier molecular flexibility index (Phi) is 64.9. The average Bonchev–Trinajstić information content (AvgIpc) is 1.95. The molecule has 0 amide bonds. The second kappa shape index (κ2) is 66.3. The highest BCUT2D eigenvalue weighted by Crippen LogP contribution is 2.45. The number of carbonyl (C=O) groups is 4. The number of aliphatic hydroxyl groups excluding tert-OH is 1. The number of carbonyl (C=O) groups excluding carboxylic acids is 4. The summed E-state index contributed by atoms with van der Waals surface area (Å²) in [4.78, 5) is 72.6. The van der Waals surface area contributed by atoms with Crippen LogP contribution in [0.15, 0.2) is 0 Å². The van der Waals surface area contributed by atoms with Crippen LogP contribution in [0.4, 0.5) is 0 Å². The molecule has 0 heterocycles. The highest BCUT2D eigenvalue weighted by Gasteiger charge is 2.30. The molecule has 3 N–H and O–H groups in total. The third-order valence-electron chi connectivity index (χ3n) is 17.4. The summed E-state index contributed by atoms with van der Waals surface area (Å²) in [6.07, 6.45) is 54.1. The van der Waals surface area contributed by atoms with Crippen molar-refractivity contribution in [3.05, 3.63) is 0 Å². The van der Waals surface area contributed by atoms with Crippen LogP contribution in [0.3, 0.4) is 0 Å². The number of phosphoric ester groups is 2. The minimum absolute atomic E-state index is 0.107. The first kappa shape index (κ1) is 90.1. The Bertz CT molecular complexity index is 1770. The average molecular weight is 1350 g/mol. The number of esters is 4. The third kappa shape index (κ3) is 65.4. The molecule has 0 saturated carbocycles. The number of unbranched alkanes of at least 4 members (excludes halogenated alkanes) is 44. The lowest BCUT2D eigenvalue weighted by molar-refractivity contribution is -0.161. The topological polar surface area (TPSA) is 237 Å². The van der Waals surface area contributed by atoms with Gasteiger partial charge in [0.05, 0.1) is 26.4 Å². The van der Waals surface area contributed by atoms with Crippen LogP contribution in [0.25, 0.3) is 0 Å². The molecular formula is C73H142O17P2. The lowest BCUT2D eigenvalue weighted by Crippen LogP contribution is -2.30. The molecule has 17 nitrogen and oxygen atoms in total. The summed E-state index contributed by atoms with van der Waals surface area (Å²) in [6.45, 7) is 7.25. The van der Waals surface area contributed by atoms with E-state index in [1.54, 1.807) is 0 Å². The van der Waals surface area contributed by atoms with Crippen LogP contribution in [-0.2, 0) is 65.4 Å². The number of aliphatic hydroxyl groups is 1. The summed E-state index contributed by atoms with van der Waals surface area (Å²) in [6, 6.07) is 0. The van der Waals surface area contributed by atoms with Crippen LogP contribution in [-0.4, -0.2) is 96.7 Å². The van der Waals surface area contributed by atoms with E-state index in [4.69, 9.17) is 37.0 Å². The minimum atomic E-state index is -4.95. The maximum absolute atomic E-state index is 13.0. The van der Waals surface area contributed by atoms with Crippen LogP contribution in [0.2, 0.25) is 0 Å². The molecule has 0 bridgehead atoms. The van der Waals surface area contributed by atoms with Gasteiger partial charge in [-0.25, -0.2) is 9.13 Å². The monoisotopic (exact) mass is 1350 g/mol. The van der Waals surface area contributed by atoms with Crippen LogP contribution < -0.4 is 0 Å². The molecule has 0 fully saturated rings. The normalized spacial score (nSPS) is 14.3. The number of rotatable bonds is 73. The van der Waals surface area contributed by atoms with Crippen molar-refractivity contribution in [2.75, 3.05) is 39.6 Å². The van der Waals surface area contributed by atoms with Gasteiger partial charge in [-0.3, -0.25) is 37.3 Å². The maximum atomic E-state index is 13.0. The molecule has 0 aliphatic rings. The molecule has 0 aromatic heterocycles. The van der Waals surface area contributed by atoms with Gasteiger partial charge in [0.25, 0.3) is 0 Å².